The number of ether oxygens (including phenoxy) is 2. The van der Waals surface area contributed by atoms with Crippen molar-refractivity contribution in [2.45, 2.75) is 6.10 Å². The topological polar surface area (TPSA) is 59.1 Å². The zero-order chi connectivity index (χ0) is 7.56. The van der Waals surface area contributed by atoms with E-state index in [1.807, 2.05) is 0 Å². The van der Waals surface area contributed by atoms with Crippen LogP contribution in [0.4, 0.5) is 0 Å². The van der Waals surface area contributed by atoms with Crippen molar-refractivity contribution in [3.63, 3.8) is 0 Å². The van der Waals surface area contributed by atoms with Crippen LogP contribution in [0, 0.1) is 0 Å². The largest absolute Gasteiger partial charge is 0.484 e. The standard InChI is InChI=1S/C6H8O4/c1-4(6(7)8)9-2-5-3-10-5/h5H,1-3H2,(H,7,8). The van der Waals surface area contributed by atoms with E-state index < -0.39 is 5.97 Å². The molecule has 1 heterocycles. The third-order valence-electron chi connectivity index (χ3n) is 1.08. The lowest BCUT2D eigenvalue weighted by atomic mass is 10.5. The molecule has 10 heavy (non-hydrogen) atoms. The predicted octanol–water partition coefficient (Wildman–Crippen LogP) is 0.0001000. The number of hydrogen-bond donors (Lipinski definition) is 1. The first-order chi connectivity index (χ1) is 4.70. The van der Waals surface area contributed by atoms with Crippen LogP contribution < -0.4 is 0 Å². The zero-order valence-corrected chi connectivity index (χ0v) is 5.37. The van der Waals surface area contributed by atoms with Gasteiger partial charge < -0.3 is 14.6 Å². The highest BCUT2D eigenvalue weighted by Crippen LogP contribution is 2.10. The molecule has 0 aromatic rings. The molecule has 4 nitrogen and oxygen atoms in total. The van der Waals surface area contributed by atoms with Gasteiger partial charge in [0.2, 0.25) is 0 Å². The van der Waals surface area contributed by atoms with Crippen molar-refractivity contribution in [3.05, 3.63) is 12.3 Å². The van der Waals surface area contributed by atoms with E-state index in [1.165, 1.54) is 0 Å². The Morgan fingerprint density at radius 2 is 2.50 bits per heavy atom. The summed E-state index contributed by atoms with van der Waals surface area (Å²) in [6.07, 6.45) is 0.0797. The van der Waals surface area contributed by atoms with Crippen molar-refractivity contribution in [2.75, 3.05) is 13.2 Å². The molecular formula is C6H8O4. The fourth-order valence-corrected chi connectivity index (χ4v) is 0.420. The normalized spacial score (nSPS) is 21.8. The van der Waals surface area contributed by atoms with Gasteiger partial charge in [-0.05, 0) is 6.58 Å². The van der Waals surface area contributed by atoms with Crippen LogP contribution in [0.15, 0.2) is 12.3 Å². The molecule has 1 aliphatic rings. The summed E-state index contributed by atoms with van der Waals surface area (Å²) in [5.41, 5.74) is 0. The van der Waals surface area contributed by atoms with Gasteiger partial charge in [-0.25, -0.2) is 4.79 Å². The molecule has 0 bridgehead atoms. The van der Waals surface area contributed by atoms with E-state index in [1.54, 1.807) is 0 Å². The SMILES string of the molecule is C=C(OCC1CO1)C(=O)O. The molecule has 56 valence electrons. The maximum absolute atomic E-state index is 10.1. The fraction of sp³-hybridized carbons (Fsp3) is 0.500. The van der Waals surface area contributed by atoms with Gasteiger partial charge in [0.05, 0.1) is 6.61 Å². The monoisotopic (exact) mass is 144 g/mol. The molecule has 1 aliphatic heterocycles. The van der Waals surface area contributed by atoms with Crippen LogP contribution in [0.1, 0.15) is 0 Å². The summed E-state index contributed by atoms with van der Waals surface area (Å²) >= 11 is 0. The van der Waals surface area contributed by atoms with E-state index in [0.717, 1.165) is 0 Å². The lowest BCUT2D eigenvalue weighted by Crippen LogP contribution is -2.07. The molecule has 0 aliphatic carbocycles. The van der Waals surface area contributed by atoms with E-state index in [2.05, 4.69) is 6.58 Å². The third kappa shape index (κ3) is 2.06. The van der Waals surface area contributed by atoms with Crippen LogP contribution in [0.3, 0.4) is 0 Å². The Hall–Kier alpha value is -1.03. The van der Waals surface area contributed by atoms with Gasteiger partial charge in [0.1, 0.15) is 12.7 Å². The van der Waals surface area contributed by atoms with Gasteiger partial charge >= 0.3 is 5.97 Å². The Morgan fingerprint density at radius 1 is 1.90 bits per heavy atom. The second kappa shape index (κ2) is 2.70. The second-order valence-corrected chi connectivity index (χ2v) is 1.99. The fourth-order valence-electron chi connectivity index (χ4n) is 0.420. The van der Waals surface area contributed by atoms with Crippen molar-refractivity contribution < 1.29 is 19.4 Å². The number of carboxylic acids is 1. The van der Waals surface area contributed by atoms with Gasteiger partial charge in [0.25, 0.3) is 0 Å². The summed E-state index contributed by atoms with van der Waals surface area (Å²) in [6, 6.07) is 0. The van der Waals surface area contributed by atoms with Gasteiger partial charge in [-0.2, -0.15) is 0 Å². The smallest absolute Gasteiger partial charge is 0.370 e. The quantitative estimate of drug-likeness (QED) is 0.343. The molecule has 1 atom stereocenters. The van der Waals surface area contributed by atoms with Gasteiger partial charge in [0, 0.05) is 0 Å². The van der Waals surface area contributed by atoms with Gasteiger partial charge in [0.15, 0.2) is 5.76 Å². The molecule has 1 rings (SSSR count). The first-order valence-corrected chi connectivity index (χ1v) is 2.86. The minimum Gasteiger partial charge on any atom is -0.484 e. The molecular weight excluding hydrogens is 136 g/mol. The van der Waals surface area contributed by atoms with Crippen molar-refractivity contribution in [1.29, 1.82) is 0 Å². The third-order valence-corrected chi connectivity index (χ3v) is 1.08. The van der Waals surface area contributed by atoms with Crippen molar-refractivity contribution >= 4 is 5.97 Å². The van der Waals surface area contributed by atoms with E-state index in [4.69, 9.17) is 14.6 Å². The molecule has 1 fully saturated rings. The number of aliphatic carboxylic acids is 1. The molecule has 0 amide bonds. The molecule has 1 unspecified atom stereocenters. The van der Waals surface area contributed by atoms with Gasteiger partial charge in [-0.1, -0.05) is 0 Å². The average molecular weight is 144 g/mol. The Kier molecular flexibility index (Phi) is 1.91. The van der Waals surface area contributed by atoms with Crippen molar-refractivity contribution in [3.8, 4) is 0 Å². The Morgan fingerprint density at radius 3 is 2.90 bits per heavy atom. The first-order valence-electron chi connectivity index (χ1n) is 2.86. The molecule has 1 saturated heterocycles. The van der Waals surface area contributed by atoms with Crippen LogP contribution in [0.5, 0.6) is 0 Å². The first kappa shape index (κ1) is 7.08. The Bertz CT molecular complexity index is 159. The van der Waals surface area contributed by atoms with E-state index in [0.29, 0.717) is 13.2 Å². The molecule has 0 spiro atoms. The van der Waals surface area contributed by atoms with Crippen LogP contribution in [-0.2, 0) is 14.3 Å². The Balaban J connectivity index is 2.11. The molecule has 0 aromatic carbocycles. The highest BCUT2D eigenvalue weighted by Gasteiger charge is 2.23. The lowest BCUT2D eigenvalue weighted by molar-refractivity contribution is -0.136. The highest BCUT2D eigenvalue weighted by molar-refractivity contribution is 5.83. The lowest BCUT2D eigenvalue weighted by Gasteiger charge is -2.00. The summed E-state index contributed by atoms with van der Waals surface area (Å²) in [5, 5.41) is 8.25. The van der Waals surface area contributed by atoms with Crippen molar-refractivity contribution in [2.24, 2.45) is 0 Å². The molecule has 4 heteroatoms. The summed E-state index contributed by atoms with van der Waals surface area (Å²) in [5.74, 6) is -1.35. The van der Waals surface area contributed by atoms with Crippen LogP contribution >= 0.6 is 0 Å². The molecule has 0 saturated carbocycles. The van der Waals surface area contributed by atoms with Crippen molar-refractivity contribution in [1.82, 2.24) is 0 Å². The number of carbonyl (C=O) groups is 1. The molecule has 0 aromatic heterocycles. The van der Waals surface area contributed by atoms with Crippen LogP contribution in [-0.4, -0.2) is 30.4 Å². The van der Waals surface area contributed by atoms with E-state index in [9.17, 15) is 4.79 Å². The van der Waals surface area contributed by atoms with E-state index in [-0.39, 0.29) is 11.9 Å². The van der Waals surface area contributed by atoms with Crippen LogP contribution in [0.25, 0.3) is 0 Å². The summed E-state index contributed by atoms with van der Waals surface area (Å²) in [4.78, 5) is 10.1. The number of epoxide rings is 1. The maximum Gasteiger partial charge on any atom is 0.370 e. The molecule has 1 N–H and O–H groups in total. The zero-order valence-electron chi connectivity index (χ0n) is 5.37. The summed E-state index contributed by atoms with van der Waals surface area (Å²) in [6.45, 7) is 4.13. The average Bonchev–Trinajstić information content (AvgIpc) is 2.64. The minimum atomic E-state index is -1.12. The number of carboxylic acid groups (broad SMARTS) is 1. The number of hydrogen-bond acceptors (Lipinski definition) is 3. The highest BCUT2D eigenvalue weighted by atomic mass is 16.6. The second-order valence-electron chi connectivity index (χ2n) is 1.99. The number of rotatable bonds is 4. The summed E-state index contributed by atoms with van der Waals surface area (Å²) < 4.78 is 9.49. The Labute approximate surface area is 58.1 Å². The molecule has 0 radical (unpaired) electrons. The maximum atomic E-state index is 10.1. The van der Waals surface area contributed by atoms with Gasteiger partial charge in [-0.3, -0.25) is 0 Å². The predicted molar refractivity (Wildman–Crippen MR) is 32.5 cm³/mol. The van der Waals surface area contributed by atoms with Gasteiger partial charge in [-0.15, -0.1) is 0 Å². The summed E-state index contributed by atoms with van der Waals surface area (Å²) in [7, 11) is 0. The van der Waals surface area contributed by atoms with Crippen LogP contribution in [0.2, 0.25) is 0 Å². The minimum absolute atomic E-state index is 0.0797. The van der Waals surface area contributed by atoms with E-state index >= 15 is 0 Å².